The molecule has 0 aromatic heterocycles. The van der Waals surface area contributed by atoms with Crippen LogP contribution in [0.15, 0.2) is 28.7 Å². The van der Waals surface area contributed by atoms with Gasteiger partial charge in [0.2, 0.25) is 0 Å². The average molecular weight is 325 g/mol. The molecule has 1 heterocycles. The number of likely N-dealkylation sites (tertiary alicyclic amines) is 1. The van der Waals surface area contributed by atoms with E-state index >= 15 is 0 Å². The van der Waals surface area contributed by atoms with Crippen molar-refractivity contribution in [3.63, 3.8) is 0 Å². The van der Waals surface area contributed by atoms with Crippen LogP contribution in [0.3, 0.4) is 0 Å². The van der Waals surface area contributed by atoms with Crippen LogP contribution in [0, 0.1) is 0 Å². The molecule has 2 rings (SSSR count). The Labute approximate surface area is 125 Å². The molecule has 1 atom stereocenters. The van der Waals surface area contributed by atoms with Crippen molar-refractivity contribution < 1.29 is 0 Å². The molecule has 1 unspecified atom stereocenters. The molecular formula is C16H25BrN2. The topological polar surface area (TPSA) is 15.3 Å². The van der Waals surface area contributed by atoms with Crippen molar-refractivity contribution >= 4 is 15.9 Å². The lowest BCUT2D eigenvalue weighted by atomic mass is 10.0. The van der Waals surface area contributed by atoms with Crippen molar-refractivity contribution in [3.05, 3.63) is 34.3 Å². The van der Waals surface area contributed by atoms with Crippen LogP contribution in [0.5, 0.6) is 0 Å². The number of hydrogen-bond acceptors (Lipinski definition) is 2. The van der Waals surface area contributed by atoms with E-state index in [4.69, 9.17) is 0 Å². The number of hydrogen-bond donors (Lipinski definition) is 1. The minimum atomic E-state index is 0.424. The zero-order valence-corrected chi connectivity index (χ0v) is 13.8. The normalized spacial score (nSPS) is 19.8. The summed E-state index contributed by atoms with van der Waals surface area (Å²) < 4.78 is 1.16. The third-order valence-corrected chi connectivity index (χ3v) is 4.59. The molecule has 0 spiro atoms. The Balaban J connectivity index is 1.85. The fourth-order valence-corrected chi connectivity index (χ4v) is 3.23. The second-order valence-corrected chi connectivity index (χ2v) is 6.76. The van der Waals surface area contributed by atoms with E-state index in [2.05, 4.69) is 71.2 Å². The summed E-state index contributed by atoms with van der Waals surface area (Å²) in [6, 6.07) is 10.4. The maximum absolute atomic E-state index is 3.77. The van der Waals surface area contributed by atoms with Crippen LogP contribution in [0.25, 0.3) is 0 Å². The van der Waals surface area contributed by atoms with Crippen molar-refractivity contribution in [2.45, 2.75) is 51.7 Å². The van der Waals surface area contributed by atoms with E-state index in [0.29, 0.717) is 18.1 Å². The first-order valence-corrected chi connectivity index (χ1v) is 8.11. The van der Waals surface area contributed by atoms with E-state index in [1.807, 2.05) is 0 Å². The van der Waals surface area contributed by atoms with Crippen LogP contribution in [0.4, 0.5) is 0 Å². The molecule has 0 bridgehead atoms. The molecule has 3 heteroatoms. The van der Waals surface area contributed by atoms with Crippen LogP contribution < -0.4 is 5.32 Å². The minimum Gasteiger partial charge on any atom is -0.307 e. The van der Waals surface area contributed by atoms with Gasteiger partial charge in [-0.1, -0.05) is 28.1 Å². The van der Waals surface area contributed by atoms with Crippen LogP contribution in [0.1, 0.15) is 45.2 Å². The molecule has 1 N–H and O–H groups in total. The van der Waals surface area contributed by atoms with Gasteiger partial charge in [-0.05, 0) is 64.4 Å². The molecule has 0 saturated carbocycles. The van der Waals surface area contributed by atoms with Gasteiger partial charge in [0.25, 0.3) is 0 Å². The van der Waals surface area contributed by atoms with Gasteiger partial charge in [-0.15, -0.1) is 0 Å². The van der Waals surface area contributed by atoms with Crippen LogP contribution >= 0.6 is 15.9 Å². The summed E-state index contributed by atoms with van der Waals surface area (Å²) in [7, 11) is 0. The summed E-state index contributed by atoms with van der Waals surface area (Å²) in [6.45, 7) is 9.29. The van der Waals surface area contributed by atoms with E-state index in [9.17, 15) is 0 Å². The van der Waals surface area contributed by atoms with E-state index < -0.39 is 0 Å². The largest absolute Gasteiger partial charge is 0.307 e. The van der Waals surface area contributed by atoms with Crippen LogP contribution in [-0.2, 0) is 0 Å². The summed E-state index contributed by atoms with van der Waals surface area (Å²) in [4.78, 5) is 2.57. The van der Waals surface area contributed by atoms with Gasteiger partial charge in [0.1, 0.15) is 0 Å². The Kier molecular flexibility index (Phi) is 5.43. The molecule has 0 radical (unpaired) electrons. The van der Waals surface area contributed by atoms with Gasteiger partial charge in [0, 0.05) is 22.6 Å². The molecule has 0 amide bonds. The highest BCUT2D eigenvalue weighted by atomic mass is 79.9. The van der Waals surface area contributed by atoms with Crippen LogP contribution in [-0.4, -0.2) is 30.1 Å². The Morgan fingerprint density at radius 1 is 1.21 bits per heavy atom. The zero-order chi connectivity index (χ0) is 13.8. The number of benzene rings is 1. The lowest BCUT2D eigenvalue weighted by Gasteiger charge is -2.36. The van der Waals surface area contributed by atoms with Crippen molar-refractivity contribution in [1.29, 1.82) is 0 Å². The standard InChI is InChI=1S/C16H25BrN2/c1-12(2)19-9-7-16(8-10-19)18-13(3)14-5-4-6-15(17)11-14/h4-6,11-13,16,18H,7-10H2,1-3H3. The Hall–Kier alpha value is -0.380. The predicted octanol–water partition coefficient (Wildman–Crippen LogP) is 3.97. The van der Waals surface area contributed by atoms with Gasteiger partial charge in [0.15, 0.2) is 0 Å². The summed E-state index contributed by atoms with van der Waals surface area (Å²) in [5, 5.41) is 3.77. The summed E-state index contributed by atoms with van der Waals surface area (Å²) in [6.07, 6.45) is 2.52. The first-order valence-electron chi connectivity index (χ1n) is 7.32. The smallest absolute Gasteiger partial charge is 0.0294 e. The lowest BCUT2D eigenvalue weighted by molar-refractivity contribution is 0.157. The third kappa shape index (κ3) is 4.30. The Morgan fingerprint density at radius 2 is 1.89 bits per heavy atom. The molecule has 19 heavy (non-hydrogen) atoms. The quantitative estimate of drug-likeness (QED) is 0.901. The van der Waals surface area contributed by atoms with Crippen molar-refractivity contribution in [2.75, 3.05) is 13.1 Å². The SMILES string of the molecule is CC(NC1CCN(C(C)C)CC1)c1cccc(Br)c1. The van der Waals surface area contributed by atoms with E-state index in [0.717, 1.165) is 4.47 Å². The molecule has 1 aromatic rings. The number of nitrogens with zero attached hydrogens (tertiary/aromatic N) is 1. The zero-order valence-electron chi connectivity index (χ0n) is 12.2. The van der Waals surface area contributed by atoms with Crippen molar-refractivity contribution in [1.82, 2.24) is 10.2 Å². The average Bonchev–Trinajstić information content (AvgIpc) is 2.39. The highest BCUT2D eigenvalue weighted by Crippen LogP contribution is 2.21. The molecule has 1 saturated heterocycles. The van der Waals surface area contributed by atoms with Crippen LogP contribution in [0.2, 0.25) is 0 Å². The fourth-order valence-electron chi connectivity index (χ4n) is 2.81. The fraction of sp³-hybridized carbons (Fsp3) is 0.625. The molecule has 1 aliphatic rings. The lowest BCUT2D eigenvalue weighted by Crippen LogP contribution is -2.45. The number of halogens is 1. The highest BCUT2D eigenvalue weighted by molar-refractivity contribution is 9.10. The highest BCUT2D eigenvalue weighted by Gasteiger charge is 2.22. The summed E-state index contributed by atoms with van der Waals surface area (Å²) in [5.41, 5.74) is 1.36. The van der Waals surface area contributed by atoms with Gasteiger partial charge in [-0.25, -0.2) is 0 Å². The monoisotopic (exact) mass is 324 g/mol. The Bertz CT molecular complexity index is 397. The molecule has 1 aromatic carbocycles. The summed E-state index contributed by atoms with van der Waals surface area (Å²) in [5.74, 6) is 0. The molecule has 0 aliphatic carbocycles. The van der Waals surface area contributed by atoms with Gasteiger partial charge < -0.3 is 10.2 Å². The third-order valence-electron chi connectivity index (χ3n) is 4.09. The minimum absolute atomic E-state index is 0.424. The van der Waals surface area contributed by atoms with E-state index in [1.54, 1.807) is 0 Å². The van der Waals surface area contributed by atoms with Gasteiger partial charge in [0.05, 0.1) is 0 Å². The molecule has 106 valence electrons. The summed E-state index contributed by atoms with van der Waals surface area (Å²) >= 11 is 3.54. The van der Waals surface area contributed by atoms with E-state index in [-0.39, 0.29) is 0 Å². The first kappa shape index (κ1) is 15.0. The number of rotatable bonds is 4. The second-order valence-electron chi connectivity index (χ2n) is 5.85. The van der Waals surface area contributed by atoms with Crippen molar-refractivity contribution in [2.24, 2.45) is 0 Å². The maximum atomic E-state index is 3.77. The van der Waals surface area contributed by atoms with Crippen molar-refractivity contribution in [3.8, 4) is 0 Å². The van der Waals surface area contributed by atoms with E-state index in [1.165, 1.54) is 31.5 Å². The second kappa shape index (κ2) is 6.87. The first-order chi connectivity index (χ1) is 9.06. The van der Waals surface area contributed by atoms with Gasteiger partial charge in [-0.3, -0.25) is 0 Å². The maximum Gasteiger partial charge on any atom is 0.0294 e. The number of piperidine rings is 1. The molecule has 2 nitrogen and oxygen atoms in total. The molecule has 1 aliphatic heterocycles. The predicted molar refractivity (Wildman–Crippen MR) is 85.4 cm³/mol. The Morgan fingerprint density at radius 3 is 2.47 bits per heavy atom. The number of nitrogens with one attached hydrogen (secondary N) is 1. The molecule has 1 fully saturated rings. The van der Waals surface area contributed by atoms with Gasteiger partial charge in [-0.2, -0.15) is 0 Å². The van der Waals surface area contributed by atoms with Gasteiger partial charge >= 0.3 is 0 Å². The molecular weight excluding hydrogens is 300 g/mol.